The molecule has 5 heteroatoms. The van der Waals surface area contributed by atoms with Crippen molar-refractivity contribution in [3.8, 4) is 0 Å². The Labute approximate surface area is 350 Å². The summed E-state index contributed by atoms with van der Waals surface area (Å²) in [6.45, 7) is 20.3. The molecule has 2 unspecified atom stereocenters. The van der Waals surface area contributed by atoms with Crippen LogP contribution in [0.5, 0.6) is 0 Å². The molecule has 0 bridgehead atoms. The van der Waals surface area contributed by atoms with Gasteiger partial charge in [0, 0.05) is 0 Å². The van der Waals surface area contributed by atoms with Crippen LogP contribution >= 0.6 is 23.2 Å². The molecule has 4 aliphatic rings. The minimum atomic E-state index is 0. The average Bonchev–Trinajstić information content (AvgIpc) is 3.80. The Balaban J connectivity index is 0.000000221. The summed E-state index contributed by atoms with van der Waals surface area (Å²) < 4.78 is 1.31. The van der Waals surface area contributed by atoms with Crippen molar-refractivity contribution in [2.45, 2.75) is 74.7 Å². The van der Waals surface area contributed by atoms with E-state index in [1.54, 1.807) is 28.2 Å². The predicted octanol–water partition coefficient (Wildman–Crippen LogP) is 7.49. The van der Waals surface area contributed by atoms with Crippen LogP contribution in [-0.4, -0.2) is 3.26 Å². The van der Waals surface area contributed by atoms with E-state index < -0.39 is 0 Å². The molecule has 1 fully saturated rings. The molecule has 0 amide bonds. The fourth-order valence-electron chi connectivity index (χ4n) is 9.34. The van der Waals surface area contributed by atoms with Crippen LogP contribution in [0.2, 0.25) is 10.0 Å². The molecule has 0 nitrogen and oxygen atoms in total. The van der Waals surface area contributed by atoms with Crippen LogP contribution in [0.1, 0.15) is 90.5 Å². The SMILES string of the molecule is C[C-]1C2=C3Cc4ccccc4C3=C3C=CCCC3C2(C)C(C)(C)C(C)(C)C1(C)C.Clc1cccc([C](=[Hf+2])c2cccc(Cl)c2)c1.[Cl-].[Cl-].c1cc[cH-]c1. The molecule has 0 aromatic heterocycles. The molecule has 0 aliphatic heterocycles. The zero-order valence-electron chi connectivity index (χ0n) is 31.7. The van der Waals surface area contributed by atoms with Crippen LogP contribution in [0.3, 0.4) is 0 Å². The van der Waals surface area contributed by atoms with E-state index in [9.17, 15) is 0 Å². The molecular formula is C47H50Cl4Hf-2. The minimum absolute atomic E-state index is 0. The average molecular weight is 935 g/mol. The van der Waals surface area contributed by atoms with Gasteiger partial charge in [0.25, 0.3) is 0 Å². The Kier molecular flexibility index (Phi) is 13.5. The van der Waals surface area contributed by atoms with Gasteiger partial charge in [0.05, 0.1) is 0 Å². The summed E-state index contributed by atoms with van der Waals surface area (Å²) in [5, 5.41) is 1.54. The van der Waals surface area contributed by atoms with Crippen molar-refractivity contribution in [1.82, 2.24) is 0 Å². The van der Waals surface area contributed by atoms with E-state index in [-0.39, 0.29) is 46.5 Å². The molecule has 4 aromatic rings. The zero-order valence-corrected chi connectivity index (χ0v) is 38.3. The first-order valence-electron chi connectivity index (χ1n) is 18.0. The summed E-state index contributed by atoms with van der Waals surface area (Å²) in [5.74, 6) is 2.24. The second-order valence-electron chi connectivity index (χ2n) is 16.1. The van der Waals surface area contributed by atoms with Gasteiger partial charge in [0.15, 0.2) is 0 Å². The standard InChI is InChI=1S/C29H37.C13H8Cl2.C5H5.2ClH.Hf/c1-18-25-22-17-19-13-9-10-14-20(19)24(22)21-15-11-12-16-23(21)29(25,8)28(6,7)27(4,5)26(18,2)3;14-12-5-1-3-10(8-12)7-11-4-2-6-13(15)9-11;1-2-4-5-3-1;;;/h9-11,13-15,23H,12,16-17H2,1-8H3;1-6,8-9H;1-5H;2*1H;/q-1;;-1;;;+2/p-2. The van der Waals surface area contributed by atoms with Crippen molar-refractivity contribution >= 4 is 32.0 Å². The van der Waals surface area contributed by atoms with Gasteiger partial charge >= 0.3 is 120 Å². The van der Waals surface area contributed by atoms with E-state index in [1.807, 2.05) is 66.7 Å². The number of rotatable bonds is 2. The van der Waals surface area contributed by atoms with E-state index >= 15 is 0 Å². The Bertz CT molecular complexity index is 1930. The van der Waals surface area contributed by atoms with Gasteiger partial charge in [-0.3, -0.25) is 0 Å². The van der Waals surface area contributed by atoms with Gasteiger partial charge in [0.1, 0.15) is 0 Å². The Hall–Kier alpha value is -2.00. The molecule has 4 aliphatic carbocycles. The molecule has 1 saturated carbocycles. The van der Waals surface area contributed by atoms with E-state index in [1.165, 1.54) is 38.4 Å². The van der Waals surface area contributed by atoms with Gasteiger partial charge in [-0.05, 0) is 40.6 Å². The molecule has 0 radical (unpaired) electrons. The first-order valence-corrected chi connectivity index (χ1v) is 20.5. The van der Waals surface area contributed by atoms with Crippen LogP contribution in [0.25, 0.3) is 5.57 Å². The molecular weight excluding hydrogens is 885 g/mol. The minimum Gasteiger partial charge on any atom is -1.00 e. The second-order valence-corrected chi connectivity index (χ2v) is 18.8. The Morgan fingerprint density at radius 2 is 1.35 bits per heavy atom. The Morgan fingerprint density at radius 1 is 0.769 bits per heavy atom. The van der Waals surface area contributed by atoms with Crippen molar-refractivity contribution in [2.75, 3.05) is 0 Å². The first kappa shape index (κ1) is 42.7. The summed E-state index contributed by atoms with van der Waals surface area (Å²) in [4.78, 5) is 0. The predicted molar refractivity (Wildman–Crippen MR) is 212 cm³/mol. The van der Waals surface area contributed by atoms with Crippen LogP contribution in [-0.2, 0) is 30.3 Å². The number of hydrogen-bond acceptors (Lipinski definition) is 0. The van der Waals surface area contributed by atoms with Gasteiger partial charge in [0.2, 0.25) is 0 Å². The third-order valence-corrected chi connectivity index (χ3v) is 16.1. The number of fused-ring (bicyclic) bond motifs is 6. The quantitative estimate of drug-likeness (QED) is 0.145. The summed E-state index contributed by atoms with van der Waals surface area (Å²) >= 11 is 12.9. The van der Waals surface area contributed by atoms with Crippen LogP contribution in [0.15, 0.2) is 132 Å². The Morgan fingerprint density at radius 3 is 1.88 bits per heavy atom. The molecule has 2 atom stereocenters. The third kappa shape index (κ3) is 7.12. The molecule has 0 saturated heterocycles. The van der Waals surface area contributed by atoms with Crippen LogP contribution in [0, 0.1) is 33.5 Å². The maximum absolute atomic E-state index is 5.98. The van der Waals surface area contributed by atoms with Crippen molar-refractivity contribution in [1.29, 1.82) is 0 Å². The fraction of sp³-hybridized carbons (Fsp3) is 0.340. The summed E-state index contributed by atoms with van der Waals surface area (Å²) in [7, 11) is 0. The number of hydrogen-bond donors (Lipinski definition) is 0. The molecule has 52 heavy (non-hydrogen) atoms. The van der Waals surface area contributed by atoms with E-state index in [4.69, 9.17) is 23.2 Å². The van der Waals surface area contributed by atoms with E-state index in [2.05, 4.69) is 104 Å². The van der Waals surface area contributed by atoms with E-state index in [0.29, 0.717) is 5.92 Å². The van der Waals surface area contributed by atoms with E-state index in [0.717, 1.165) is 40.4 Å². The number of halogens is 4. The monoisotopic (exact) mass is 934 g/mol. The van der Waals surface area contributed by atoms with Crippen molar-refractivity contribution < 1.29 is 48.7 Å². The topological polar surface area (TPSA) is 0 Å². The van der Waals surface area contributed by atoms with Gasteiger partial charge < -0.3 is 24.8 Å². The first-order chi connectivity index (χ1) is 23.6. The largest absolute Gasteiger partial charge is 1.00 e. The molecule has 0 heterocycles. The summed E-state index contributed by atoms with van der Waals surface area (Å²) in [6.07, 6.45) is 8.50. The van der Waals surface area contributed by atoms with Gasteiger partial charge in [-0.25, -0.2) is 18.1 Å². The van der Waals surface area contributed by atoms with Gasteiger partial charge in [-0.15, -0.1) is 6.92 Å². The molecule has 0 spiro atoms. The zero-order chi connectivity index (χ0) is 36.1. The smallest absolute Gasteiger partial charge is 0.172 e. The summed E-state index contributed by atoms with van der Waals surface area (Å²) in [6, 6.07) is 35.0. The summed E-state index contributed by atoms with van der Waals surface area (Å²) in [5.41, 5.74) is 12.7. The van der Waals surface area contributed by atoms with Crippen molar-refractivity contribution in [2.24, 2.45) is 27.6 Å². The van der Waals surface area contributed by atoms with Crippen molar-refractivity contribution in [3.05, 3.63) is 170 Å². The second kappa shape index (κ2) is 16.4. The molecule has 272 valence electrons. The number of benzene rings is 3. The fourth-order valence-corrected chi connectivity index (χ4v) is 10.8. The molecule has 0 N–H and O–H groups in total. The van der Waals surface area contributed by atoms with Crippen LogP contribution in [0.4, 0.5) is 0 Å². The third-order valence-electron chi connectivity index (χ3n) is 13.6. The molecule has 4 aromatic carbocycles. The van der Waals surface area contributed by atoms with Crippen molar-refractivity contribution in [3.63, 3.8) is 0 Å². The van der Waals surface area contributed by atoms with Crippen LogP contribution < -0.4 is 24.8 Å². The molecule has 8 rings (SSSR count). The maximum atomic E-state index is 5.98. The number of allylic oxidation sites excluding steroid dienone is 6. The van der Waals surface area contributed by atoms with Gasteiger partial charge in [-0.1, -0.05) is 113 Å². The maximum Gasteiger partial charge on any atom is -0.172 e. The normalized spacial score (nSPS) is 22.5. The van der Waals surface area contributed by atoms with Gasteiger partial charge in [-0.2, -0.15) is 29.3 Å².